The second-order valence-electron chi connectivity index (χ2n) is 6.93. The average Bonchev–Trinajstić information content (AvgIpc) is 3.07. The van der Waals surface area contributed by atoms with Crippen molar-refractivity contribution in [2.24, 2.45) is 10.7 Å². The number of aliphatic imine (C=N–C) groups is 1. The lowest BCUT2D eigenvalue weighted by molar-refractivity contribution is -0.139. The van der Waals surface area contributed by atoms with Crippen molar-refractivity contribution in [3.05, 3.63) is 71.4 Å². The standard InChI is InChI=1S/C13H16N2O2.C10H15N3/c1-8-10(7-12(14-2)13(16)17)9-5-3-4-6-11(9)15-8;1-12-10(11)13-8-7-9-5-3-2-4-6-9/h3-6,12,14-15H,7H2,1-2H3,(H,16,17);2-6H,7-8H2,1H3,(H3,11,12,13). The van der Waals surface area contributed by atoms with Crippen molar-refractivity contribution in [2.75, 3.05) is 20.6 Å². The zero-order valence-electron chi connectivity index (χ0n) is 17.8. The van der Waals surface area contributed by atoms with Gasteiger partial charge in [0.1, 0.15) is 6.04 Å². The van der Waals surface area contributed by atoms with Gasteiger partial charge in [-0.25, -0.2) is 0 Å². The van der Waals surface area contributed by atoms with Gasteiger partial charge in [-0.2, -0.15) is 0 Å². The van der Waals surface area contributed by atoms with E-state index in [0.717, 1.165) is 35.1 Å². The van der Waals surface area contributed by atoms with Gasteiger partial charge in [0.05, 0.1) is 0 Å². The molecule has 0 radical (unpaired) electrons. The predicted octanol–water partition coefficient (Wildman–Crippen LogP) is 2.45. The summed E-state index contributed by atoms with van der Waals surface area (Å²) < 4.78 is 0. The lowest BCUT2D eigenvalue weighted by Gasteiger charge is -2.11. The fourth-order valence-electron chi connectivity index (χ4n) is 3.17. The maximum absolute atomic E-state index is 11.0. The Kier molecular flexibility index (Phi) is 8.90. The van der Waals surface area contributed by atoms with Gasteiger partial charge < -0.3 is 26.5 Å². The van der Waals surface area contributed by atoms with Crippen molar-refractivity contribution in [1.82, 2.24) is 15.6 Å². The molecule has 0 saturated carbocycles. The number of hydrogen-bond acceptors (Lipinski definition) is 3. The third-order valence-electron chi connectivity index (χ3n) is 4.89. The van der Waals surface area contributed by atoms with E-state index in [9.17, 15) is 4.79 Å². The number of nitrogens with two attached hydrogens (primary N) is 1. The number of benzene rings is 2. The summed E-state index contributed by atoms with van der Waals surface area (Å²) in [6, 6.07) is 17.7. The number of aryl methyl sites for hydroxylation is 1. The number of carboxylic acids is 1. The molecule has 0 aliphatic carbocycles. The molecule has 7 nitrogen and oxygen atoms in total. The Labute approximate surface area is 177 Å². The van der Waals surface area contributed by atoms with Gasteiger partial charge in [0.25, 0.3) is 0 Å². The molecule has 160 valence electrons. The number of aromatic nitrogens is 1. The molecule has 3 aromatic rings. The fraction of sp³-hybridized carbons (Fsp3) is 0.304. The summed E-state index contributed by atoms with van der Waals surface area (Å²) in [6.45, 7) is 2.80. The lowest BCUT2D eigenvalue weighted by Crippen LogP contribution is -2.35. The second-order valence-corrected chi connectivity index (χ2v) is 6.93. The number of carboxylic acid groups (broad SMARTS) is 1. The molecule has 3 rings (SSSR count). The molecule has 1 aromatic heterocycles. The molecular weight excluding hydrogens is 378 g/mol. The summed E-state index contributed by atoms with van der Waals surface area (Å²) in [6.07, 6.45) is 1.46. The van der Waals surface area contributed by atoms with Gasteiger partial charge in [-0.15, -0.1) is 0 Å². The van der Waals surface area contributed by atoms with Crippen molar-refractivity contribution < 1.29 is 9.90 Å². The number of likely N-dealkylation sites (N-methyl/N-ethyl adjacent to an activating group) is 1. The van der Waals surface area contributed by atoms with E-state index >= 15 is 0 Å². The molecule has 30 heavy (non-hydrogen) atoms. The summed E-state index contributed by atoms with van der Waals surface area (Å²) in [5.74, 6) is -0.326. The number of fused-ring (bicyclic) bond motifs is 1. The van der Waals surface area contributed by atoms with Crippen molar-refractivity contribution in [2.45, 2.75) is 25.8 Å². The number of aromatic amines is 1. The van der Waals surface area contributed by atoms with Crippen LogP contribution in [0, 0.1) is 6.92 Å². The Morgan fingerprint density at radius 1 is 1.17 bits per heavy atom. The van der Waals surface area contributed by atoms with E-state index in [0.29, 0.717) is 12.4 Å². The summed E-state index contributed by atoms with van der Waals surface area (Å²) in [7, 11) is 3.34. The number of para-hydroxylation sites is 1. The predicted molar refractivity (Wildman–Crippen MR) is 123 cm³/mol. The first-order valence-corrected chi connectivity index (χ1v) is 9.92. The van der Waals surface area contributed by atoms with Crippen LogP contribution in [0.2, 0.25) is 0 Å². The maximum Gasteiger partial charge on any atom is 0.321 e. The topological polar surface area (TPSA) is 116 Å². The molecule has 6 N–H and O–H groups in total. The number of guanidine groups is 1. The molecule has 1 atom stereocenters. The molecule has 7 heteroatoms. The summed E-state index contributed by atoms with van der Waals surface area (Å²) >= 11 is 0. The number of aliphatic carboxylic acids is 1. The van der Waals surface area contributed by atoms with Crippen molar-refractivity contribution in [3.8, 4) is 0 Å². The van der Waals surface area contributed by atoms with Crippen LogP contribution in [-0.2, 0) is 17.6 Å². The monoisotopic (exact) mass is 409 g/mol. The highest BCUT2D eigenvalue weighted by atomic mass is 16.4. The quantitative estimate of drug-likeness (QED) is 0.304. The number of nitrogens with one attached hydrogen (secondary N) is 3. The molecule has 1 unspecified atom stereocenters. The molecule has 0 spiro atoms. The molecule has 2 aromatic carbocycles. The van der Waals surface area contributed by atoms with Crippen molar-refractivity contribution >= 4 is 22.8 Å². The van der Waals surface area contributed by atoms with Crippen LogP contribution in [0.3, 0.4) is 0 Å². The van der Waals surface area contributed by atoms with Crippen LogP contribution < -0.4 is 16.4 Å². The SMILES string of the molecule is CN=C(N)NCCc1ccccc1.CNC(Cc1c(C)[nH]c2ccccc12)C(=O)O. The van der Waals surface area contributed by atoms with Crippen LogP contribution in [0.15, 0.2) is 59.6 Å². The first-order valence-electron chi connectivity index (χ1n) is 9.92. The van der Waals surface area contributed by atoms with E-state index in [2.05, 4.69) is 32.7 Å². The summed E-state index contributed by atoms with van der Waals surface area (Å²) in [5, 5.41) is 16.0. The van der Waals surface area contributed by atoms with Gasteiger partial charge in [0.15, 0.2) is 5.96 Å². The van der Waals surface area contributed by atoms with E-state index in [1.807, 2.05) is 49.4 Å². The lowest BCUT2D eigenvalue weighted by atomic mass is 10.0. The van der Waals surface area contributed by atoms with Crippen LogP contribution in [0.25, 0.3) is 10.9 Å². The summed E-state index contributed by atoms with van der Waals surface area (Å²) in [5.41, 5.74) is 9.94. The molecular formula is C23H31N5O2. The fourth-order valence-corrected chi connectivity index (χ4v) is 3.17. The first kappa shape index (κ1) is 23.0. The molecule has 0 saturated heterocycles. The number of H-pyrrole nitrogens is 1. The Morgan fingerprint density at radius 3 is 2.47 bits per heavy atom. The minimum atomic E-state index is -0.822. The van der Waals surface area contributed by atoms with E-state index in [-0.39, 0.29) is 0 Å². The van der Waals surface area contributed by atoms with E-state index < -0.39 is 12.0 Å². The smallest absolute Gasteiger partial charge is 0.321 e. The first-order chi connectivity index (χ1) is 14.5. The highest BCUT2D eigenvalue weighted by molar-refractivity contribution is 5.85. The van der Waals surface area contributed by atoms with Crippen LogP contribution in [0.4, 0.5) is 0 Å². The van der Waals surface area contributed by atoms with Crippen molar-refractivity contribution in [3.63, 3.8) is 0 Å². The third-order valence-corrected chi connectivity index (χ3v) is 4.89. The number of rotatable bonds is 7. The van der Waals surface area contributed by atoms with Gasteiger partial charge in [-0.05, 0) is 37.6 Å². The zero-order valence-corrected chi connectivity index (χ0v) is 17.8. The Hall–Kier alpha value is -3.32. The minimum Gasteiger partial charge on any atom is -0.480 e. The van der Waals surface area contributed by atoms with Crippen LogP contribution in [0.5, 0.6) is 0 Å². The molecule has 0 amide bonds. The molecule has 0 fully saturated rings. The highest BCUT2D eigenvalue weighted by Gasteiger charge is 2.19. The largest absolute Gasteiger partial charge is 0.480 e. The zero-order chi connectivity index (χ0) is 21.9. The molecule has 0 bridgehead atoms. The van der Waals surface area contributed by atoms with Gasteiger partial charge in [-0.1, -0.05) is 48.5 Å². The van der Waals surface area contributed by atoms with Crippen LogP contribution in [0.1, 0.15) is 16.8 Å². The van der Waals surface area contributed by atoms with Crippen molar-refractivity contribution in [1.29, 1.82) is 0 Å². The minimum absolute atomic E-state index is 0.488. The van der Waals surface area contributed by atoms with E-state index in [4.69, 9.17) is 10.8 Å². The van der Waals surface area contributed by atoms with Crippen LogP contribution in [-0.4, -0.2) is 48.7 Å². The van der Waals surface area contributed by atoms with Gasteiger partial charge >= 0.3 is 5.97 Å². The Morgan fingerprint density at radius 2 is 1.83 bits per heavy atom. The van der Waals surface area contributed by atoms with Crippen LogP contribution >= 0.6 is 0 Å². The Bertz CT molecular complexity index is 966. The third kappa shape index (κ3) is 6.63. The average molecular weight is 410 g/mol. The van der Waals surface area contributed by atoms with Gasteiger partial charge in [-0.3, -0.25) is 9.79 Å². The molecule has 0 aliphatic rings. The van der Waals surface area contributed by atoms with E-state index in [1.54, 1.807) is 14.1 Å². The van der Waals surface area contributed by atoms with Gasteiger partial charge in [0.2, 0.25) is 0 Å². The number of hydrogen-bond donors (Lipinski definition) is 5. The van der Waals surface area contributed by atoms with E-state index in [1.165, 1.54) is 5.56 Å². The normalized spacial score (nSPS) is 12.2. The Balaban J connectivity index is 0.000000222. The number of carbonyl (C=O) groups is 1. The highest BCUT2D eigenvalue weighted by Crippen LogP contribution is 2.23. The van der Waals surface area contributed by atoms with Gasteiger partial charge in [0, 0.05) is 36.6 Å². The second kappa shape index (κ2) is 11.6. The summed E-state index contributed by atoms with van der Waals surface area (Å²) in [4.78, 5) is 18.1. The molecule has 1 heterocycles. The molecule has 0 aliphatic heterocycles. The maximum atomic E-state index is 11.0. The number of nitrogens with zero attached hydrogens (tertiary/aromatic N) is 1.